The van der Waals surface area contributed by atoms with E-state index < -0.39 is 11.6 Å². The molecule has 0 saturated carbocycles. The maximum absolute atomic E-state index is 13.0. The first kappa shape index (κ1) is 17.6. The van der Waals surface area contributed by atoms with Gasteiger partial charge in [-0.05, 0) is 11.1 Å². The topological polar surface area (TPSA) is 46.5 Å². The summed E-state index contributed by atoms with van der Waals surface area (Å²) in [4.78, 5) is 13.0. The van der Waals surface area contributed by atoms with Crippen LogP contribution in [0.5, 0.6) is 0 Å². The minimum absolute atomic E-state index is 0.278. The van der Waals surface area contributed by atoms with Crippen LogP contribution < -0.4 is 0 Å². The van der Waals surface area contributed by atoms with Crippen LogP contribution in [0.4, 0.5) is 0 Å². The Kier molecular flexibility index (Phi) is 4.93. The number of ether oxygens (including phenoxy) is 1. The number of quaternary nitrogens is 1. The number of carbonyl (C=O) groups is 1. The smallest absolute Gasteiger partial charge is 0.347 e. The third-order valence-electron chi connectivity index (χ3n) is 5.35. The van der Waals surface area contributed by atoms with Crippen LogP contribution in [-0.2, 0) is 15.1 Å². The van der Waals surface area contributed by atoms with Gasteiger partial charge in [0, 0.05) is 12.8 Å². The van der Waals surface area contributed by atoms with Crippen LogP contribution in [0.2, 0.25) is 0 Å². The molecular formula is C21H26NO3+. The van der Waals surface area contributed by atoms with Gasteiger partial charge in [0.15, 0.2) is 0 Å². The Morgan fingerprint density at radius 1 is 1.08 bits per heavy atom. The molecular weight excluding hydrogens is 314 g/mol. The van der Waals surface area contributed by atoms with Crippen LogP contribution in [0.1, 0.15) is 24.0 Å². The molecule has 1 N–H and O–H groups in total. The monoisotopic (exact) mass is 340 g/mol. The predicted molar refractivity (Wildman–Crippen MR) is 96.8 cm³/mol. The van der Waals surface area contributed by atoms with Gasteiger partial charge >= 0.3 is 5.97 Å². The van der Waals surface area contributed by atoms with E-state index in [2.05, 4.69) is 14.1 Å². The molecule has 1 unspecified atom stereocenters. The molecule has 1 aliphatic rings. The predicted octanol–water partition coefficient (Wildman–Crippen LogP) is 2.70. The summed E-state index contributed by atoms with van der Waals surface area (Å²) in [5.74, 6) is -0.614. The molecule has 0 spiro atoms. The van der Waals surface area contributed by atoms with Crippen molar-refractivity contribution in [2.75, 3.05) is 27.2 Å². The maximum atomic E-state index is 13.0. The van der Waals surface area contributed by atoms with Gasteiger partial charge < -0.3 is 14.3 Å². The molecule has 4 heteroatoms. The fourth-order valence-electron chi connectivity index (χ4n) is 3.59. The SMILES string of the molecule is C[N+]1(C)CCCC1COC(=O)C(O)(c1ccccc1)c1ccccc1. The van der Waals surface area contributed by atoms with Crippen molar-refractivity contribution >= 4 is 5.97 Å². The van der Waals surface area contributed by atoms with Gasteiger partial charge in [0.05, 0.1) is 20.6 Å². The van der Waals surface area contributed by atoms with Gasteiger partial charge in [-0.1, -0.05) is 60.7 Å². The average molecular weight is 340 g/mol. The van der Waals surface area contributed by atoms with E-state index in [-0.39, 0.29) is 6.04 Å². The number of likely N-dealkylation sites (tertiary alicyclic amines) is 1. The van der Waals surface area contributed by atoms with E-state index in [0.717, 1.165) is 23.9 Å². The second kappa shape index (κ2) is 6.98. The molecule has 132 valence electrons. The summed E-state index contributed by atoms with van der Waals surface area (Å²) < 4.78 is 6.48. The summed E-state index contributed by atoms with van der Waals surface area (Å²) in [6, 6.07) is 18.3. The Morgan fingerprint density at radius 3 is 2.04 bits per heavy atom. The van der Waals surface area contributed by atoms with Gasteiger partial charge in [-0.15, -0.1) is 0 Å². The molecule has 2 aromatic rings. The number of rotatable bonds is 5. The van der Waals surface area contributed by atoms with E-state index in [1.165, 1.54) is 0 Å². The number of esters is 1. The van der Waals surface area contributed by atoms with Crippen molar-refractivity contribution < 1.29 is 19.1 Å². The van der Waals surface area contributed by atoms with Gasteiger partial charge in [-0.3, -0.25) is 0 Å². The maximum Gasteiger partial charge on any atom is 0.347 e. The van der Waals surface area contributed by atoms with Crippen molar-refractivity contribution in [2.45, 2.75) is 24.5 Å². The van der Waals surface area contributed by atoms with Gasteiger partial charge in [0.25, 0.3) is 0 Å². The lowest BCUT2D eigenvalue weighted by Crippen LogP contribution is -2.48. The summed E-state index contributed by atoms with van der Waals surface area (Å²) in [5, 5.41) is 11.3. The lowest BCUT2D eigenvalue weighted by molar-refractivity contribution is -0.902. The minimum atomic E-state index is -1.79. The van der Waals surface area contributed by atoms with Crippen LogP contribution in [0, 0.1) is 0 Å². The van der Waals surface area contributed by atoms with Crippen LogP contribution in [0.3, 0.4) is 0 Å². The molecule has 0 aliphatic carbocycles. The number of likely N-dealkylation sites (N-methyl/N-ethyl adjacent to an activating group) is 1. The van der Waals surface area contributed by atoms with E-state index in [4.69, 9.17) is 4.74 Å². The Morgan fingerprint density at radius 2 is 1.60 bits per heavy atom. The molecule has 1 atom stereocenters. The quantitative estimate of drug-likeness (QED) is 0.672. The number of benzene rings is 2. The highest BCUT2D eigenvalue weighted by Crippen LogP contribution is 2.32. The zero-order valence-corrected chi connectivity index (χ0v) is 14.9. The summed E-state index contributed by atoms with van der Waals surface area (Å²) in [6.45, 7) is 1.41. The standard InChI is InChI=1S/C21H26NO3/c1-22(2)15-9-14-19(22)16-25-20(23)21(24,17-10-5-3-6-11-17)18-12-7-4-8-13-18/h3-8,10-13,19,24H,9,14-16H2,1-2H3/q+1. The van der Waals surface area contributed by atoms with E-state index >= 15 is 0 Å². The third-order valence-corrected chi connectivity index (χ3v) is 5.35. The molecule has 1 aliphatic heterocycles. The first-order valence-corrected chi connectivity index (χ1v) is 8.78. The molecule has 2 aromatic carbocycles. The van der Waals surface area contributed by atoms with Crippen molar-refractivity contribution in [3.8, 4) is 0 Å². The highest BCUT2D eigenvalue weighted by Gasteiger charge is 2.43. The lowest BCUT2D eigenvalue weighted by Gasteiger charge is -2.32. The first-order valence-electron chi connectivity index (χ1n) is 8.78. The number of hydrogen-bond donors (Lipinski definition) is 1. The minimum Gasteiger partial charge on any atom is -0.457 e. The molecule has 0 radical (unpaired) electrons. The summed E-state index contributed by atoms with van der Waals surface area (Å²) in [6.07, 6.45) is 2.17. The molecule has 4 nitrogen and oxygen atoms in total. The van der Waals surface area contributed by atoms with E-state index in [1.807, 2.05) is 36.4 Å². The van der Waals surface area contributed by atoms with Crippen LogP contribution in [-0.4, -0.2) is 48.8 Å². The highest BCUT2D eigenvalue weighted by atomic mass is 16.6. The average Bonchev–Trinajstić information content (AvgIpc) is 2.98. The van der Waals surface area contributed by atoms with Crippen molar-refractivity contribution in [1.82, 2.24) is 0 Å². The van der Waals surface area contributed by atoms with Gasteiger partial charge in [-0.2, -0.15) is 0 Å². The summed E-state index contributed by atoms with van der Waals surface area (Å²) in [5.41, 5.74) is -0.754. The van der Waals surface area contributed by atoms with Crippen molar-refractivity contribution in [1.29, 1.82) is 0 Å². The molecule has 0 amide bonds. The third kappa shape index (κ3) is 3.46. The zero-order chi connectivity index (χ0) is 17.9. The van der Waals surface area contributed by atoms with Gasteiger partial charge in [-0.25, -0.2) is 4.79 Å². The molecule has 3 rings (SSSR count). The number of hydrogen-bond acceptors (Lipinski definition) is 3. The van der Waals surface area contributed by atoms with Gasteiger partial charge in [0.2, 0.25) is 5.60 Å². The highest BCUT2D eigenvalue weighted by molar-refractivity contribution is 5.85. The van der Waals surface area contributed by atoms with Crippen molar-refractivity contribution in [3.05, 3.63) is 71.8 Å². The van der Waals surface area contributed by atoms with Crippen LogP contribution in [0.15, 0.2) is 60.7 Å². The van der Waals surface area contributed by atoms with E-state index in [9.17, 15) is 9.90 Å². The second-order valence-corrected chi connectivity index (χ2v) is 7.34. The Labute approximate surface area is 149 Å². The van der Waals surface area contributed by atoms with Crippen molar-refractivity contribution in [3.63, 3.8) is 0 Å². The fraction of sp³-hybridized carbons (Fsp3) is 0.381. The summed E-state index contributed by atoms with van der Waals surface area (Å²) >= 11 is 0. The van der Waals surface area contributed by atoms with Gasteiger partial charge in [0.1, 0.15) is 12.6 Å². The summed E-state index contributed by atoms with van der Waals surface area (Å²) in [7, 11) is 4.32. The van der Waals surface area contributed by atoms with Crippen molar-refractivity contribution in [2.24, 2.45) is 0 Å². The Hall–Kier alpha value is -2.17. The zero-order valence-electron chi connectivity index (χ0n) is 14.9. The van der Waals surface area contributed by atoms with Crippen LogP contribution >= 0.6 is 0 Å². The van der Waals surface area contributed by atoms with E-state index in [1.54, 1.807) is 24.3 Å². The molecule has 25 heavy (non-hydrogen) atoms. The molecule has 1 saturated heterocycles. The molecule has 0 aromatic heterocycles. The number of nitrogens with zero attached hydrogens (tertiary/aromatic N) is 1. The first-order chi connectivity index (χ1) is 11.9. The number of aliphatic hydroxyl groups is 1. The van der Waals surface area contributed by atoms with Crippen LogP contribution in [0.25, 0.3) is 0 Å². The molecule has 1 fully saturated rings. The largest absolute Gasteiger partial charge is 0.457 e. The molecule has 1 heterocycles. The Bertz CT molecular complexity index is 673. The lowest BCUT2D eigenvalue weighted by atomic mass is 9.86. The molecule has 0 bridgehead atoms. The Balaban J connectivity index is 1.86. The normalized spacial score (nSPS) is 19.6. The number of carbonyl (C=O) groups excluding carboxylic acids is 1. The van der Waals surface area contributed by atoms with E-state index in [0.29, 0.717) is 17.7 Å². The second-order valence-electron chi connectivity index (χ2n) is 7.34. The fourth-order valence-corrected chi connectivity index (χ4v) is 3.59.